The number of carboxylic acids is 2. The molecule has 52 valence electrons. The Morgan fingerprint density at radius 2 is 1.12 bits per heavy atom. The third-order valence-corrected chi connectivity index (χ3v) is 0.183. The van der Waals surface area contributed by atoms with Crippen LogP contribution >= 0.6 is 0 Å². The van der Waals surface area contributed by atoms with Crippen molar-refractivity contribution in [2.75, 3.05) is 0 Å². The number of hydrogen-bond acceptors (Lipinski definition) is 3. The van der Waals surface area contributed by atoms with E-state index < -0.39 is 11.9 Å². The molecular formula is C2H5NO4Pd. The van der Waals surface area contributed by atoms with Gasteiger partial charge >= 0.3 is 11.9 Å². The van der Waals surface area contributed by atoms with Crippen molar-refractivity contribution < 1.29 is 40.2 Å². The van der Waals surface area contributed by atoms with E-state index in [-0.39, 0.29) is 26.6 Å². The van der Waals surface area contributed by atoms with Crippen molar-refractivity contribution in [2.24, 2.45) is 0 Å². The molecule has 0 saturated carbocycles. The van der Waals surface area contributed by atoms with E-state index in [9.17, 15) is 0 Å². The number of carboxylic acid groups (broad SMARTS) is 2. The Morgan fingerprint density at radius 1 is 1.00 bits per heavy atom. The molecule has 6 heteroatoms. The van der Waals surface area contributed by atoms with Crippen LogP contribution in [-0.2, 0) is 30.0 Å². The molecular weight excluding hydrogens is 208 g/mol. The van der Waals surface area contributed by atoms with Crippen LogP contribution in [0.1, 0.15) is 0 Å². The van der Waals surface area contributed by atoms with Gasteiger partial charge in [-0.1, -0.05) is 0 Å². The van der Waals surface area contributed by atoms with Gasteiger partial charge in [0.05, 0.1) is 0 Å². The van der Waals surface area contributed by atoms with Crippen molar-refractivity contribution in [3.05, 3.63) is 0 Å². The minimum Gasteiger partial charge on any atom is -0.473 e. The first-order valence-electron chi connectivity index (χ1n) is 1.11. The first-order chi connectivity index (χ1) is 2.64. The summed E-state index contributed by atoms with van der Waals surface area (Å²) in [5, 5.41) is 14.8. The van der Waals surface area contributed by atoms with Crippen molar-refractivity contribution in [3.8, 4) is 0 Å². The second-order valence-electron chi connectivity index (χ2n) is 0.610. The second kappa shape index (κ2) is 6.56. The van der Waals surface area contributed by atoms with Crippen LogP contribution in [0.3, 0.4) is 0 Å². The molecule has 0 radical (unpaired) electrons. The van der Waals surface area contributed by atoms with Gasteiger partial charge < -0.3 is 16.4 Å². The van der Waals surface area contributed by atoms with Crippen molar-refractivity contribution in [1.29, 1.82) is 0 Å². The monoisotopic (exact) mass is 213 g/mol. The summed E-state index contributed by atoms with van der Waals surface area (Å²) in [6.07, 6.45) is 0. The van der Waals surface area contributed by atoms with Crippen molar-refractivity contribution in [2.45, 2.75) is 0 Å². The van der Waals surface area contributed by atoms with E-state index in [1.807, 2.05) is 0 Å². The average molecular weight is 213 g/mol. The van der Waals surface area contributed by atoms with Gasteiger partial charge in [0, 0.05) is 20.4 Å². The van der Waals surface area contributed by atoms with Crippen molar-refractivity contribution >= 4 is 11.9 Å². The number of hydrogen-bond donors (Lipinski definition) is 3. The molecule has 0 aliphatic carbocycles. The normalized spacial score (nSPS) is 5.50. The third-order valence-electron chi connectivity index (χ3n) is 0.183. The average Bonchev–Trinajstić information content (AvgIpc) is 1.36. The molecule has 0 unspecified atom stereocenters. The molecule has 0 aromatic heterocycles. The molecule has 0 aromatic carbocycles. The van der Waals surface area contributed by atoms with Crippen LogP contribution in [0.15, 0.2) is 0 Å². The molecule has 5 nitrogen and oxygen atoms in total. The van der Waals surface area contributed by atoms with E-state index >= 15 is 0 Å². The fourth-order valence-corrected chi connectivity index (χ4v) is 0. The summed E-state index contributed by atoms with van der Waals surface area (Å²) in [5.74, 6) is -3.65. The van der Waals surface area contributed by atoms with Crippen LogP contribution in [0.25, 0.3) is 0 Å². The van der Waals surface area contributed by atoms with Gasteiger partial charge in [0.2, 0.25) is 0 Å². The second-order valence-corrected chi connectivity index (χ2v) is 0.610. The van der Waals surface area contributed by atoms with E-state index in [0.29, 0.717) is 0 Å². The quantitative estimate of drug-likeness (QED) is 0.365. The zero-order chi connectivity index (χ0) is 5.15. The maximum atomic E-state index is 9.10. The number of carbonyl (C=O) groups is 2. The predicted octanol–water partition coefficient (Wildman–Crippen LogP) is -0.685. The molecule has 0 aromatic rings. The number of rotatable bonds is 0. The van der Waals surface area contributed by atoms with Crippen molar-refractivity contribution in [3.63, 3.8) is 0 Å². The summed E-state index contributed by atoms with van der Waals surface area (Å²) in [4.78, 5) is 18.2. The van der Waals surface area contributed by atoms with Crippen LogP contribution in [0, 0.1) is 0 Å². The largest absolute Gasteiger partial charge is 0.473 e. The minimum atomic E-state index is -1.82. The molecule has 5 N–H and O–H groups in total. The van der Waals surface area contributed by atoms with Crippen LogP contribution in [0.4, 0.5) is 0 Å². The molecule has 0 heterocycles. The summed E-state index contributed by atoms with van der Waals surface area (Å²) in [6.45, 7) is 0. The van der Waals surface area contributed by atoms with E-state index in [2.05, 4.69) is 0 Å². The summed E-state index contributed by atoms with van der Waals surface area (Å²) >= 11 is 0. The summed E-state index contributed by atoms with van der Waals surface area (Å²) in [6, 6.07) is 0. The molecule has 0 bridgehead atoms. The molecule has 0 atom stereocenters. The van der Waals surface area contributed by atoms with Gasteiger partial charge in [0.25, 0.3) is 0 Å². The summed E-state index contributed by atoms with van der Waals surface area (Å²) in [5.41, 5.74) is 0. The first kappa shape index (κ1) is 15.6. The molecule has 0 aliphatic rings. The van der Waals surface area contributed by atoms with Gasteiger partial charge in [-0.25, -0.2) is 9.59 Å². The van der Waals surface area contributed by atoms with Crippen LogP contribution in [-0.4, -0.2) is 22.2 Å². The Kier molecular flexibility index (Phi) is 12.8. The van der Waals surface area contributed by atoms with Crippen molar-refractivity contribution in [1.82, 2.24) is 6.15 Å². The molecule has 0 fully saturated rings. The van der Waals surface area contributed by atoms with Gasteiger partial charge in [0.15, 0.2) is 0 Å². The van der Waals surface area contributed by atoms with E-state index in [0.717, 1.165) is 0 Å². The first-order valence-corrected chi connectivity index (χ1v) is 1.11. The Labute approximate surface area is 58.9 Å². The van der Waals surface area contributed by atoms with Gasteiger partial charge in [-0.2, -0.15) is 0 Å². The zero-order valence-corrected chi connectivity index (χ0v) is 5.29. The van der Waals surface area contributed by atoms with Gasteiger partial charge in [-0.05, 0) is 0 Å². The van der Waals surface area contributed by atoms with Crippen LogP contribution < -0.4 is 6.15 Å². The Hall–Kier alpha value is -0.438. The Morgan fingerprint density at radius 3 is 1.12 bits per heavy atom. The Balaban J connectivity index is -0.000000125. The molecule has 0 aliphatic heterocycles. The molecule has 0 amide bonds. The van der Waals surface area contributed by atoms with Crippen LogP contribution in [0.2, 0.25) is 0 Å². The predicted molar refractivity (Wildman–Crippen MR) is 20.3 cm³/mol. The maximum absolute atomic E-state index is 9.10. The van der Waals surface area contributed by atoms with Crippen LogP contribution in [0.5, 0.6) is 0 Å². The van der Waals surface area contributed by atoms with E-state index in [1.165, 1.54) is 0 Å². The van der Waals surface area contributed by atoms with E-state index in [4.69, 9.17) is 19.8 Å². The molecule has 0 rings (SSSR count). The van der Waals surface area contributed by atoms with Gasteiger partial charge in [-0.15, -0.1) is 0 Å². The standard InChI is InChI=1S/C2H2O4.H3N.Pd/c3-1(4)2(5)6;;/h(H,3,4)(H,5,6);1H3;. The molecule has 8 heavy (non-hydrogen) atoms. The minimum absolute atomic E-state index is 0. The fourth-order valence-electron chi connectivity index (χ4n) is 0. The summed E-state index contributed by atoms with van der Waals surface area (Å²) in [7, 11) is 0. The smallest absolute Gasteiger partial charge is 0.414 e. The van der Waals surface area contributed by atoms with Gasteiger partial charge in [-0.3, -0.25) is 0 Å². The summed E-state index contributed by atoms with van der Waals surface area (Å²) < 4.78 is 0. The Bertz CT molecular complexity index is 80.0. The third kappa shape index (κ3) is 9.12. The molecule has 0 spiro atoms. The van der Waals surface area contributed by atoms with Gasteiger partial charge in [0.1, 0.15) is 0 Å². The van der Waals surface area contributed by atoms with E-state index in [1.54, 1.807) is 0 Å². The number of aliphatic carboxylic acids is 2. The molecule has 0 saturated heterocycles. The topological polar surface area (TPSA) is 110 Å². The SMILES string of the molecule is N.O=C(O)C(=O)O.[Pd]. The maximum Gasteiger partial charge on any atom is 0.414 e. The zero-order valence-electron chi connectivity index (χ0n) is 3.73. The fraction of sp³-hybridized carbons (Fsp3) is 0.